The second kappa shape index (κ2) is 22.7. The molecule has 0 aliphatic rings. The number of phenols is 1. The lowest BCUT2D eigenvalue weighted by Crippen LogP contribution is -2.58. The van der Waals surface area contributed by atoms with E-state index >= 15 is 0 Å². The topological polar surface area (TPSA) is 251 Å². The molecule has 0 aliphatic carbocycles. The van der Waals surface area contributed by atoms with Crippen LogP contribution in [0.1, 0.15) is 83.8 Å². The van der Waals surface area contributed by atoms with E-state index in [4.69, 9.17) is 10.2 Å². The Labute approximate surface area is 332 Å². The van der Waals surface area contributed by atoms with Gasteiger partial charge >= 0.3 is 5.63 Å². The summed E-state index contributed by atoms with van der Waals surface area (Å²) in [6, 6.07) is 8.16. The van der Waals surface area contributed by atoms with Gasteiger partial charge in [-0.3, -0.25) is 28.8 Å². The molecule has 0 spiro atoms. The van der Waals surface area contributed by atoms with Crippen LogP contribution in [0, 0.1) is 12.8 Å². The van der Waals surface area contributed by atoms with Gasteiger partial charge in [-0.2, -0.15) is 0 Å². The Balaban J connectivity index is 1.83. The van der Waals surface area contributed by atoms with Gasteiger partial charge in [-0.05, 0) is 99.7 Å². The number of carbonyl (C=O) groups excluding carboxylic acids is 6. The average Bonchev–Trinajstić information content (AvgIpc) is 3.13. The van der Waals surface area contributed by atoms with E-state index in [1.165, 1.54) is 38.1 Å². The number of amides is 6. The van der Waals surface area contributed by atoms with Crippen LogP contribution >= 0.6 is 0 Å². The Hall–Kier alpha value is -5.77. The highest BCUT2D eigenvalue weighted by atomic mass is 16.4. The fourth-order valence-electron chi connectivity index (χ4n) is 6.24. The first-order valence-electron chi connectivity index (χ1n) is 19.3. The molecule has 2 aromatic carbocycles. The molecule has 0 radical (unpaired) electrons. The third-order valence-electron chi connectivity index (χ3n) is 9.14. The second-order valence-electron chi connectivity index (χ2n) is 14.6. The largest absolute Gasteiger partial charge is 0.508 e. The van der Waals surface area contributed by atoms with Gasteiger partial charge in [-0.15, -0.1) is 0 Å². The van der Waals surface area contributed by atoms with Gasteiger partial charge in [0.2, 0.25) is 35.4 Å². The molecule has 9 N–H and O–H groups in total. The van der Waals surface area contributed by atoms with Crippen LogP contribution in [0.15, 0.2) is 57.7 Å². The summed E-state index contributed by atoms with van der Waals surface area (Å²) in [5.41, 5.74) is 7.17. The number of phenolic OH excluding ortho intramolecular Hbond substituents is 1. The van der Waals surface area contributed by atoms with Crippen molar-refractivity contribution in [2.75, 3.05) is 18.4 Å². The molecule has 0 bridgehead atoms. The van der Waals surface area contributed by atoms with Crippen molar-refractivity contribution in [2.45, 2.75) is 110 Å². The summed E-state index contributed by atoms with van der Waals surface area (Å²) in [6.07, 6.45) is 2.73. The van der Waals surface area contributed by atoms with Crippen LogP contribution in [0.2, 0.25) is 0 Å². The van der Waals surface area contributed by atoms with E-state index in [1.807, 2.05) is 13.8 Å². The molecule has 3 aromatic rings. The van der Waals surface area contributed by atoms with E-state index in [1.54, 1.807) is 31.2 Å². The number of unbranched alkanes of at least 4 members (excludes halogenated alkanes) is 2. The van der Waals surface area contributed by atoms with E-state index in [2.05, 4.69) is 31.9 Å². The number of benzene rings is 2. The molecular weight excluding hydrogens is 734 g/mol. The molecule has 16 heteroatoms. The molecule has 310 valence electrons. The molecule has 0 unspecified atom stereocenters. The average molecular weight is 792 g/mol. The normalized spacial score (nSPS) is 13.2. The number of carbonyl (C=O) groups is 6. The third-order valence-corrected chi connectivity index (χ3v) is 9.14. The van der Waals surface area contributed by atoms with Crippen LogP contribution in [0.3, 0.4) is 0 Å². The summed E-state index contributed by atoms with van der Waals surface area (Å²) in [7, 11) is 0. The summed E-state index contributed by atoms with van der Waals surface area (Å²) in [4.78, 5) is 90.7. The van der Waals surface area contributed by atoms with Crippen molar-refractivity contribution in [3.63, 3.8) is 0 Å². The third kappa shape index (κ3) is 15.7. The summed E-state index contributed by atoms with van der Waals surface area (Å²) >= 11 is 0. The number of aromatic hydroxyl groups is 1. The number of nitrogens with one attached hydrogen (secondary N) is 6. The van der Waals surface area contributed by atoms with Gasteiger partial charge in [0.1, 0.15) is 35.5 Å². The van der Waals surface area contributed by atoms with Crippen LogP contribution in [-0.2, 0) is 35.2 Å². The number of fused-ring (bicyclic) bond motifs is 1. The first-order valence-corrected chi connectivity index (χ1v) is 19.3. The van der Waals surface area contributed by atoms with Crippen molar-refractivity contribution in [1.82, 2.24) is 26.6 Å². The minimum absolute atomic E-state index is 0.0426. The molecule has 0 saturated carbocycles. The van der Waals surface area contributed by atoms with Crippen LogP contribution in [-0.4, -0.2) is 77.8 Å². The highest BCUT2D eigenvalue weighted by Crippen LogP contribution is 2.21. The molecule has 6 amide bonds. The molecular formula is C41H57N7O9. The molecule has 4 atom stereocenters. The van der Waals surface area contributed by atoms with Gasteiger partial charge in [0.15, 0.2) is 0 Å². The number of anilines is 1. The van der Waals surface area contributed by atoms with Gasteiger partial charge < -0.3 is 47.2 Å². The number of hydrogen-bond acceptors (Lipinski definition) is 10. The molecule has 16 nitrogen and oxygen atoms in total. The molecule has 0 fully saturated rings. The van der Waals surface area contributed by atoms with Crippen LogP contribution < -0.4 is 43.3 Å². The Kier molecular flexibility index (Phi) is 18.2. The van der Waals surface area contributed by atoms with E-state index in [0.717, 1.165) is 0 Å². The molecule has 1 heterocycles. The highest BCUT2D eigenvalue weighted by Gasteiger charge is 2.31. The predicted octanol–water partition coefficient (Wildman–Crippen LogP) is 2.43. The van der Waals surface area contributed by atoms with Crippen LogP contribution in [0.25, 0.3) is 11.0 Å². The van der Waals surface area contributed by atoms with E-state index in [-0.39, 0.29) is 48.8 Å². The van der Waals surface area contributed by atoms with Crippen molar-refractivity contribution in [1.29, 1.82) is 0 Å². The summed E-state index contributed by atoms with van der Waals surface area (Å²) in [5.74, 6) is -3.08. The Morgan fingerprint density at radius 2 is 1.32 bits per heavy atom. The lowest BCUT2D eigenvalue weighted by Gasteiger charge is -2.27. The summed E-state index contributed by atoms with van der Waals surface area (Å²) in [6.45, 7) is 8.94. The number of nitrogens with two attached hydrogens (primary N) is 1. The number of hydrogen-bond donors (Lipinski definition) is 8. The fourth-order valence-corrected chi connectivity index (χ4v) is 6.24. The van der Waals surface area contributed by atoms with Crippen molar-refractivity contribution in [3.05, 3.63) is 70.1 Å². The smallest absolute Gasteiger partial charge is 0.336 e. The van der Waals surface area contributed by atoms with Crippen molar-refractivity contribution in [3.8, 4) is 5.75 Å². The molecule has 57 heavy (non-hydrogen) atoms. The summed E-state index contributed by atoms with van der Waals surface area (Å²) in [5, 5.41) is 26.9. The van der Waals surface area contributed by atoms with Gasteiger partial charge in [0.25, 0.3) is 0 Å². The first-order chi connectivity index (χ1) is 27.1. The Bertz CT molecular complexity index is 1910. The van der Waals surface area contributed by atoms with E-state index < -0.39 is 59.3 Å². The fraction of sp³-hybridized carbons (Fsp3) is 0.488. The van der Waals surface area contributed by atoms with Gasteiger partial charge in [-0.25, -0.2) is 4.79 Å². The minimum atomic E-state index is -1.10. The van der Waals surface area contributed by atoms with Crippen molar-refractivity contribution in [2.24, 2.45) is 11.7 Å². The monoisotopic (exact) mass is 791 g/mol. The Morgan fingerprint density at radius 3 is 1.93 bits per heavy atom. The minimum Gasteiger partial charge on any atom is -0.508 e. The maximum absolute atomic E-state index is 14.0. The first kappa shape index (κ1) is 45.6. The maximum Gasteiger partial charge on any atom is 0.336 e. The quantitative estimate of drug-likeness (QED) is 0.0545. The van der Waals surface area contributed by atoms with Gasteiger partial charge in [0.05, 0.1) is 0 Å². The standard InChI is InChI=1S/C41H57N7O9/c1-24(2)20-34(48-39(54)33(10-6-8-18-42)47-41(56)35(44-27(5)50)22-28-12-15-30(51)16-13-28)40(55)46-32(11-7-9-19-43-26(4)49)38(53)45-29-14-17-31-25(3)21-37(52)57-36(31)23-29/h12-17,21,23-24,32-35,51H,6-11,18-20,22,42H2,1-5H3,(H,43,49)(H,44,50)(H,45,53)(H,46,55)(H,47,56)(H,48,54)/t32-,33-,34-,35-/m0/s1. The van der Waals surface area contributed by atoms with E-state index in [0.29, 0.717) is 61.0 Å². The summed E-state index contributed by atoms with van der Waals surface area (Å²) < 4.78 is 5.33. The Morgan fingerprint density at radius 1 is 0.719 bits per heavy atom. The number of aryl methyl sites for hydroxylation is 1. The lowest BCUT2D eigenvalue weighted by atomic mass is 10.00. The van der Waals surface area contributed by atoms with Crippen molar-refractivity contribution >= 4 is 52.1 Å². The zero-order chi connectivity index (χ0) is 42.1. The van der Waals surface area contributed by atoms with E-state index in [9.17, 15) is 38.7 Å². The maximum atomic E-state index is 14.0. The highest BCUT2D eigenvalue weighted by molar-refractivity contribution is 6.00. The molecule has 3 rings (SSSR count). The zero-order valence-electron chi connectivity index (χ0n) is 33.4. The van der Waals surface area contributed by atoms with Gasteiger partial charge in [-0.1, -0.05) is 26.0 Å². The number of rotatable bonds is 22. The SMILES string of the molecule is CC(=O)NCCCC[C@H](NC(=O)[C@H](CC(C)C)NC(=O)[C@H](CCCCN)NC(=O)[C@H](Cc1ccc(O)cc1)NC(C)=O)C(=O)Nc1ccc2c(C)cc(=O)oc2c1. The second-order valence-corrected chi connectivity index (χ2v) is 14.6. The molecule has 0 saturated heterocycles. The predicted molar refractivity (Wildman–Crippen MR) is 216 cm³/mol. The van der Waals surface area contributed by atoms with Crippen LogP contribution in [0.4, 0.5) is 5.69 Å². The van der Waals surface area contributed by atoms with Crippen molar-refractivity contribution < 1.29 is 38.3 Å². The van der Waals surface area contributed by atoms with Crippen LogP contribution in [0.5, 0.6) is 5.75 Å². The van der Waals surface area contributed by atoms with Gasteiger partial charge in [0, 0.05) is 50.0 Å². The molecule has 0 aliphatic heterocycles. The zero-order valence-corrected chi connectivity index (χ0v) is 33.4. The molecule has 1 aromatic heterocycles. The lowest BCUT2D eigenvalue weighted by molar-refractivity contribution is -0.134.